The predicted molar refractivity (Wildman–Crippen MR) is 111 cm³/mol. The average molecular weight is 467 g/mol. The van der Waals surface area contributed by atoms with Crippen LogP contribution in [-0.2, 0) is 19.1 Å². The summed E-state index contributed by atoms with van der Waals surface area (Å²) in [7, 11) is 0. The molecular formula is C22H24F3N3O5. The number of alkyl halides is 3. The molecule has 0 spiro atoms. The van der Waals surface area contributed by atoms with Crippen LogP contribution in [0.5, 0.6) is 0 Å². The van der Waals surface area contributed by atoms with E-state index in [2.05, 4.69) is 6.58 Å². The van der Waals surface area contributed by atoms with Crippen LogP contribution in [0.1, 0.15) is 35.2 Å². The third kappa shape index (κ3) is 6.05. The van der Waals surface area contributed by atoms with Gasteiger partial charge in [-0.1, -0.05) is 30.8 Å². The van der Waals surface area contributed by atoms with E-state index in [0.29, 0.717) is 26.2 Å². The molecule has 178 valence electrons. The Balaban J connectivity index is 1.62. The maximum absolute atomic E-state index is 12.8. The summed E-state index contributed by atoms with van der Waals surface area (Å²) in [5.74, 6) is -3.51. The van der Waals surface area contributed by atoms with E-state index in [1.807, 2.05) is 0 Å². The van der Waals surface area contributed by atoms with Gasteiger partial charge in [0.05, 0.1) is 19.3 Å². The number of ether oxygens (including phenoxy) is 2. The number of amides is 2. The number of halogens is 3. The Morgan fingerprint density at radius 1 is 1.15 bits per heavy atom. The van der Waals surface area contributed by atoms with Gasteiger partial charge in [-0.2, -0.15) is 13.2 Å². The number of nitrogens with one attached hydrogen (secondary N) is 2. The summed E-state index contributed by atoms with van der Waals surface area (Å²) >= 11 is 0. The highest BCUT2D eigenvalue weighted by atomic mass is 19.4. The number of hydrogen-bond acceptors (Lipinski definition) is 6. The molecule has 0 aliphatic carbocycles. The fraction of sp³-hybridized carbons (Fsp3) is 0.455. The van der Waals surface area contributed by atoms with Crippen molar-refractivity contribution in [1.29, 1.82) is 5.41 Å². The fourth-order valence-corrected chi connectivity index (χ4v) is 3.70. The highest BCUT2D eigenvalue weighted by molar-refractivity contribution is 6.10. The van der Waals surface area contributed by atoms with Crippen LogP contribution >= 0.6 is 0 Å². The minimum absolute atomic E-state index is 0.00350. The molecule has 0 saturated carbocycles. The zero-order chi connectivity index (χ0) is 24.2. The Morgan fingerprint density at radius 2 is 1.82 bits per heavy atom. The van der Waals surface area contributed by atoms with Gasteiger partial charge in [-0.15, -0.1) is 0 Å². The van der Waals surface area contributed by atoms with Crippen LogP contribution in [0.3, 0.4) is 0 Å². The quantitative estimate of drug-likeness (QED) is 0.289. The third-order valence-corrected chi connectivity index (χ3v) is 5.45. The van der Waals surface area contributed by atoms with Gasteiger partial charge in [-0.05, 0) is 24.8 Å². The molecule has 2 atom stereocenters. The first-order valence-corrected chi connectivity index (χ1v) is 10.4. The van der Waals surface area contributed by atoms with E-state index in [0.717, 1.165) is 6.42 Å². The number of nitrogens with zero attached hydrogens (tertiary/aromatic N) is 1. The fourth-order valence-electron chi connectivity index (χ4n) is 3.70. The maximum atomic E-state index is 12.8. The lowest BCUT2D eigenvalue weighted by Gasteiger charge is -2.37. The molecule has 8 nitrogen and oxygen atoms in total. The number of amidine groups is 1. The van der Waals surface area contributed by atoms with Crippen molar-refractivity contribution in [3.8, 4) is 0 Å². The first-order chi connectivity index (χ1) is 15.6. The minimum atomic E-state index is -5.11. The zero-order valence-corrected chi connectivity index (χ0v) is 17.7. The Bertz CT molecular complexity index is 940. The second-order valence-corrected chi connectivity index (χ2v) is 7.80. The van der Waals surface area contributed by atoms with Gasteiger partial charge in [-0.25, -0.2) is 0 Å². The topological polar surface area (TPSA) is 109 Å². The molecule has 2 heterocycles. The molecule has 11 heteroatoms. The van der Waals surface area contributed by atoms with Crippen molar-refractivity contribution in [1.82, 2.24) is 10.2 Å². The number of rotatable bonds is 6. The second-order valence-electron chi connectivity index (χ2n) is 7.80. The average Bonchev–Trinajstić information content (AvgIpc) is 3.33. The van der Waals surface area contributed by atoms with Crippen LogP contribution in [0.4, 0.5) is 13.2 Å². The lowest BCUT2D eigenvalue weighted by atomic mass is 9.96. The summed E-state index contributed by atoms with van der Waals surface area (Å²) in [6.45, 7) is 5.44. The molecule has 0 aromatic heterocycles. The van der Waals surface area contributed by atoms with Crippen molar-refractivity contribution in [3.63, 3.8) is 0 Å². The van der Waals surface area contributed by atoms with E-state index in [4.69, 9.17) is 14.9 Å². The first kappa shape index (κ1) is 24.6. The first-order valence-electron chi connectivity index (χ1n) is 10.4. The van der Waals surface area contributed by atoms with Crippen LogP contribution in [0, 0.1) is 5.41 Å². The summed E-state index contributed by atoms with van der Waals surface area (Å²) in [6, 6.07) is 4.83. The van der Waals surface area contributed by atoms with Crippen LogP contribution in [-0.4, -0.2) is 73.0 Å². The third-order valence-electron chi connectivity index (χ3n) is 5.45. The SMILES string of the molecule is C=C(CC1COCCN1C(=O)C1CCCO1)C(=O)c1ccc(C(=N)NC(=O)C(F)(F)F)cc1. The van der Waals surface area contributed by atoms with Crippen molar-refractivity contribution in [3.05, 3.63) is 47.5 Å². The second kappa shape index (κ2) is 10.3. The molecule has 1 aromatic carbocycles. The van der Waals surface area contributed by atoms with Gasteiger partial charge < -0.3 is 19.7 Å². The molecule has 2 saturated heterocycles. The summed E-state index contributed by atoms with van der Waals surface area (Å²) in [5, 5.41) is 9.07. The lowest BCUT2D eigenvalue weighted by molar-refractivity contribution is -0.171. The van der Waals surface area contributed by atoms with E-state index in [-0.39, 0.29) is 41.7 Å². The Kier molecular flexibility index (Phi) is 7.65. The molecule has 0 radical (unpaired) electrons. The number of morpholine rings is 1. The highest BCUT2D eigenvalue weighted by Crippen LogP contribution is 2.23. The van der Waals surface area contributed by atoms with Crippen molar-refractivity contribution in [2.45, 2.75) is 37.6 Å². The summed E-state index contributed by atoms with van der Waals surface area (Å²) < 4.78 is 48.0. The molecular weight excluding hydrogens is 443 g/mol. The summed E-state index contributed by atoms with van der Waals surface area (Å²) in [6.07, 6.45) is -3.91. The molecule has 3 rings (SSSR count). The molecule has 0 bridgehead atoms. The van der Waals surface area contributed by atoms with E-state index in [1.54, 1.807) is 4.90 Å². The maximum Gasteiger partial charge on any atom is 0.471 e. The van der Waals surface area contributed by atoms with Gasteiger partial charge in [0.1, 0.15) is 11.9 Å². The minimum Gasteiger partial charge on any atom is -0.377 e. The van der Waals surface area contributed by atoms with Crippen LogP contribution in [0.25, 0.3) is 0 Å². The van der Waals surface area contributed by atoms with E-state index < -0.39 is 29.8 Å². The molecule has 2 aliphatic rings. The molecule has 33 heavy (non-hydrogen) atoms. The number of Topliss-reactive ketones (excluding diaryl/α,β-unsaturated/α-hetero) is 1. The standard InChI is InChI=1S/C22H24F3N3O5/c1-13(11-16-12-32-10-8-28(16)20(30)17-3-2-9-33-17)18(29)14-4-6-15(7-5-14)19(26)27-21(31)22(23,24)25/h4-7,16-17H,1-3,8-12H2,(H2,26,27,31). The number of carbonyl (C=O) groups is 3. The van der Waals surface area contributed by atoms with Crippen molar-refractivity contribution in [2.24, 2.45) is 0 Å². The summed E-state index contributed by atoms with van der Waals surface area (Å²) in [5.41, 5.74) is 0.458. The van der Waals surface area contributed by atoms with Gasteiger partial charge in [0.25, 0.3) is 5.91 Å². The monoisotopic (exact) mass is 467 g/mol. The number of carbonyl (C=O) groups excluding carboxylic acids is 3. The predicted octanol–water partition coefficient (Wildman–Crippen LogP) is 2.23. The molecule has 1 aromatic rings. The van der Waals surface area contributed by atoms with Gasteiger partial charge in [0, 0.05) is 24.3 Å². The molecule has 2 fully saturated rings. The van der Waals surface area contributed by atoms with Crippen LogP contribution < -0.4 is 5.32 Å². The number of benzene rings is 1. The largest absolute Gasteiger partial charge is 0.471 e. The summed E-state index contributed by atoms with van der Waals surface area (Å²) in [4.78, 5) is 38.2. The van der Waals surface area contributed by atoms with Crippen molar-refractivity contribution < 1.29 is 37.0 Å². The van der Waals surface area contributed by atoms with E-state index in [9.17, 15) is 27.6 Å². The zero-order valence-electron chi connectivity index (χ0n) is 17.7. The smallest absolute Gasteiger partial charge is 0.377 e. The van der Waals surface area contributed by atoms with Gasteiger partial charge >= 0.3 is 12.1 Å². The molecule has 2 amide bonds. The number of ketones is 1. The lowest BCUT2D eigenvalue weighted by Crippen LogP contribution is -2.52. The Hall–Kier alpha value is -3.05. The number of hydrogen-bond donors (Lipinski definition) is 2. The van der Waals surface area contributed by atoms with Gasteiger partial charge in [0.2, 0.25) is 0 Å². The van der Waals surface area contributed by atoms with Crippen LogP contribution in [0.2, 0.25) is 0 Å². The highest BCUT2D eigenvalue weighted by Gasteiger charge is 2.39. The van der Waals surface area contributed by atoms with Crippen LogP contribution in [0.15, 0.2) is 36.4 Å². The van der Waals surface area contributed by atoms with E-state index >= 15 is 0 Å². The Labute approximate surface area is 188 Å². The molecule has 2 N–H and O–H groups in total. The van der Waals surface area contributed by atoms with E-state index in [1.165, 1.54) is 29.6 Å². The normalized spacial score (nSPS) is 20.9. The van der Waals surface area contributed by atoms with Crippen molar-refractivity contribution in [2.75, 3.05) is 26.4 Å². The molecule has 2 aliphatic heterocycles. The van der Waals surface area contributed by atoms with Gasteiger partial charge in [-0.3, -0.25) is 19.8 Å². The Morgan fingerprint density at radius 3 is 2.42 bits per heavy atom. The van der Waals surface area contributed by atoms with Crippen molar-refractivity contribution >= 4 is 23.4 Å². The van der Waals surface area contributed by atoms with Gasteiger partial charge in [0.15, 0.2) is 5.78 Å². The molecule has 2 unspecified atom stereocenters.